The molecule has 112 valence electrons. The van der Waals surface area contributed by atoms with Crippen LogP contribution >= 0.6 is 43.5 Å². The van der Waals surface area contributed by atoms with Gasteiger partial charge in [-0.1, -0.05) is 17.7 Å². The number of aliphatic hydroxyl groups is 1. The van der Waals surface area contributed by atoms with Gasteiger partial charge in [0.15, 0.2) is 0 Å². The molecule has 0 heterocycles. The molecule has 21 heavy (non-hydrogen) atoms. The molecule has 2 aromatic carbocycles. The second-order valence-electron chi connectivity index (χ2n) is 4.15. The van der Waals surface area contributed by atoms with Crippen molar-refractivity contribution in [2.24, 2.45) is 0 Å². The second kappa shape index (κ2) is 6.66. The van der Waals surface area contributed by atoms with Gasteiger partial charge < -0.3 is 5.11 Å². The summed E-state index contributed by atoms with van der Waals surface area (Å²) in [6, 6.07) is 9.35. The summed E-state index contributed by atoms with van der Waals surface area (Å²) in [6.07, 6.45) is 0. The Balaban J connectivity index is 2.41. The number of halogens is 3. The summed E-state index contributed by atoms with van der Waals surface area (Å²) in [5, 5.41) is 9.47. The highest BCUT2D eigenvalue weighted by molar-refractivity contribution is 9.11. The summed E-state index contributed by atoms with van der Waals surface area (Å²) in [5.74, 6) is 0. The lowest BCUT2D eigenvalue weighted by Gasteiger charge is -2.12. The third kappa shape index (κ3) is 3.98. The summed E-state index contributed by atoms with van der Waals surface area (Å²) in [7, 11) is -3.78. The van der Waals surface area contributed by atoms with Gasteiger partial charge in [-0.2, -0.15) is 0 Å². The van der Waals surface area contributed by atoms with Crippen molar-refractivity contribution in [2.75, 3.05) is 4.72 Å². The average molecular weight is 456 g/mol. The Morgan fingerprint density at radius 1 is 1.10 bits per heavy atom. The van der Waals surface area contributed by atoms with Crippen molar-refractivity contribution in [3.05, 3.63) is 55.9 Å². The average Bonchev–Trinajstić information content (AvgIpc) is 2.42. The highest BCUT2D eigenvalue weighted by atomic mass is 79.9. The molecule has 0 aliphatic rings. The van der Waals surface area contributed by atoms with Gasteiger partial charge in [-0.25, -0.2) is 8.42 Å². The van der Waals surface area contributed by atoms with E-state index in [0.29, 0.717) is 25.2 Å². The monoisotopic (exact) mass is 453 g/mol. The van der Waals surface area contributed by atoms with Crippen molar-refractivity contribution in [1.29, 1.82) is 0 Å². The third-order valence-corrected chi connectivity index (χ3v) is 5.91. The Bertz CT molecular complexity index is 781. The molecule has 0 saturated carbocycles. The Morgan fingerprint density at radius 2 is 1.81 bits per heavy atom. The summed E-state index contributed by atoms with van der Waals surface area (Å²) in [6.45, 7) is -0.161. The van der Waals surface area contributed by atoms with Crippen LogP contribution in [0.15, 0.2) is 50.2 Å². The van der Waals surface area contributed by atoms with Crippen LogP contribution in [0.3, 0.4) is 0 Å². The topological polar surface area (TPSA) is 66.4 Å². The van der Waals surface area contributed by atoms with Gasteiger partial charge in [0, 0.05) is 14.0 Å². The molecule has 0 aromatic heterocycles. The Kier molecular flexibility index (Phi) is 5.32. The van der Waals surface area contributed by atoms with Crippen LogP contribution in [-0.2, 0) is 16.6 Å². The van der Waals surface area contributed by atoms with E-state index in [1.807, 2.05) is 0 Å². The zero-order valence-electron chi connectivity index (χ0n) is 10.5. The first kappa shape index (κ1) is 16.8. The van der Waals surface area contributed by atoms with Gasteiger partial charge in [0.1, 0.15) is 4.90 Å². The summed E-state index contributed by atoms with van der Waals surface area (Å²) in [5.41, 5.74) is 0.963. The molecule has 2 N–H and O–H groups in total. The molecule has 0 radical (unpaired) electrons. The Hall–Kier alpha value is -0.600. The van der Waals surface area contributed by atoms with Crippen molar-refractivity contribution in [3.63, 3.8) is 0 Å². The van der Waals surface area contributed by atoms with Crippen molar-refractivity contribution in [2.45, 2.75) is 11.5 Å². The van der Waals surface area contributed by atoms with Crippen LogP contribution in [0, 0.1) is 0 Å². The fourth-order valence-electron chi connectivity index (χ4n) is 1.64. The first-order valence-electron chi connectivity index (χ1n) is 5.70. The summed E-state index contributed by atoms with van der Waals surface area (Å²) < 4.78 is 28.3. The molecular weight excluding hydrogens is 445 g/mol. The van der Waals surface area contributed by atoms with Gasteiger partial charge in [0.2, 0.25) is 0 Å². The minimum absolute atomic E-state index is 0.0755. The van der Waals surface area contributed by atoms with Gasteiger partial charge in [-0.15, -0.1) is 0 Å². The number of rotatable bonds is 4. The van der Waals surface area contributed by atoms with Gasteiger partial charge in [0.05, 0.1) is 12.3 Å². The molecule has 0 fully saturated rings. The Labute approximate surface area is 144 Å². The number of nitrogens with one attached hydrogen (secondary N) is 1. The first-order valence-corrected chi connectivity index (χ1v) is 9.15. The van der Waals surface area contributed by atoms with Crippen molar-refractivity contribution in [1.82, 2.24) is 0 Å². The maximum absolute atomic E-state index is 12.4. The molecule has 0 spiro atoms. The van der Waals surface area contributed by atoms with E-state index in [2.05, 4.69) is 36.6 Å². The first-order chi connectivity index (χ1) is 9.83. The maximum Gasteiger partial charge on any atom is 0.263 e. The SMILES string of the molecule is O=S(=O)(Nc1cc(Cl)ccc1Br)c1ccc(CO)cc1Br. The zero-order valence-corrected chi connectivity index (χ0v) is 15.2. The van der Waals surface area contributed by atoms with E-state index in [-0.39, 0.29) is 11.5 Å². The number of hydrogen-bond acceptors (Lipinski definition) is 3. The van der Waals surface area contributed by atoms with Crippen molar-refractivity contribution >= 4 is 59.2 Å². The van der Waals surface area contributed by atoms with Gasteiger partial charge in [0.25, 0.3) is 10.0 Å². The largest absolute Gasteiger partial charge is 0.392 e. The Morgan fingerprint density at radius 3 is 2.43 bits per heavy atom. The molecule has 0 aliphatic heterocycles. The predicted molar refractivity (Wildman–Crippen MR) is 90.0 cm³/mol. The molecule has 2 aromatic rings. The molecule has 0 aliphatic carbocycles. The van der Waals surface area contributed by atoms with E-state index < -0.39 is 10.0 Å². The van der Waals surface area contributed by atoms with E-state index >= 15 is 0 Å². The predicted octanol–water partition coefficient (Wildman–Crippen LogP) is 4.16. The number of hydrogen-bond donors (Lipinski definition) is 2. The molecule has 0 amide bonds. The standard InChI is InChI=1S/C13H10Br2ClNO3S/c14-10-3-2-9(16)6-12(10)17-21(19,20)13-4-1-8(7-18)5-11(13)15/h1-6,17-18H,7H2. The second-order valence-corrected chi connectivity index (χ2v) is 7.95. The molecule has 4 nitrogen and oxygen atoms in total. The molecule has 8 heteroatoms. The van der Waals surface area contributed by atoms with Crippen molar-refractivity contribution < 1.29 is 13.5 Å². The lowest BCUT2D eigenvalue weighted by Crippen LogP contribution is -2.14. The maximum atomic E-state index is 12.4. The number of anilines is 1. The van der Waals surface area contributed by atoms with Gasteiger partial charge in [-0.3, -0.25) is 4.72 Å². The van der Waals surface area contributed by atoms with E-state index in [1.54, 1.807) is 24.3 Å². The van der Waals surface area contributed by atoms with Crippen LogP contribution < -0.4 is 4.72 Å². The lowest BCUT2D eigenvalue weighted by molar-refractivity contribution is 0.281. The molecule has 0 saturated heterocycles. The number of sulfonamides is 1. The van der Waals surface area contributed by atoms with E-state index in [0.717, 1.165) is 0 Å². The van der Waals surface area contributed by atoms with Gasteiger partial charge in [-0.05, 0) is 67.8 Å². The van der Waals surface area contributed by atoms with Gasteiger partial charge >= 0.3 is 0 Å². The molecule has 0 atom stereocenters. The van der Waals surface area contributed by atoms with Crippen LogP contribution in [-0.4, -0.2) is 13.5 Å². The number of aliphatic hydroxyl groups excluding tert-OH is 1. The minimum atomic E-state index is -3.78. The van der Waals surface area contributed by atoms with E-state index in [1.165, 1.54) is 12.1 Å². The minimum Gasteiger partial charge on any atom is -0.392 e. The lowest BCUT2D eigenvalue weighted by atomic mass is 10.2. The van der Waals surface area contributed by atoms with E-state index in [4.69, 9.17) is 16.7 Å². The van der Waals surface area contributed by atoms with Crippen LogP contribution in [0.2, 0.25) is 5.02 Å². The molecule has 0 bridgehead atoms. The molecular formula is C13H10Br2ClNO3S. The fourth-order valence-corrected chi connectivity index (χ4v) is 4.48. The summed E-state index contributed by atoms with van der Waals surface area (Å²) >= 11 is 12.3. The molecule has 0 unspecified atom stereocenters. The highest BCUT2D eigenvalue weighted by Gasteiger charge is 2.19. The van der Waals surface area contributed by atoms with Crippen LogP contribution in [0.25, 0.3) is 0 Å². The van der Waals surface area contributed by atoms with E-state index in [9.17, 15) is 8.42 Å². The van der Waals surface area contributed by atoms with Crippen LogP contribution in [0.4, 0.5) is 5.69 Å². The third-order valence-electron chi connectivity index (χ3n) is 2.64. The van der Waals surface area contributed by atoms with Crippen LogP contribution in [0.5, 0.6) is 0 Å². The normalized spacial score (nSPS) is 11.4. The molecule has 2 rings (SSSR count). The smallest absolute Gasteiger partial charge is 0.263 e. The zero-order chi connectivity index (χ0) is 15.6. The quantitative estimate of drug-likeness (QED) is 0.728. The van der Waals surface area contributed by atoms with Crippen molar-refractivity contribution in [3.8, 4) is 0 Å². The number of benzene rings is 2. The summed E-state index contributed by atoms with van der Waals surface area (Å²) in [4.78, 5) is 0.0755. The highest BCUT2D eigenvalue weighted by Crippen LogP contribution is 2.30. The van der Waals surface area contributed by atoms with Crippen LogP contribution in [0.1, 0.15) is 5.56 Å². The fraction of sp³-hybridized carbons (Fsp3) is 0.0769.